The lowest BCUT2D eigenvalue weighted by Crippen LogP contribution is -2.40. The molecule has 0 N–H and O–H groups in total. The number of benzene rings is 3. The van der Waals surface area contributed by atoms with Gasteiger partial charge in [0.05, 0.1) is 40.8 Å². The summed E-state index contributed by atoms with van der Waals surface area (Å²) in [4.78, 5) is 30.2. The minimum atomic E-state index is -3.99. The fourth-order valence-corrected chi connectivity index (χ4v) is 6.22. The monoisotopic (exact) mass is 490 g/mol. The zero-order valence-corrected chi connectivity index (χ0v) is 20.5. The zero-order valence-electron chi connectivity index (χ0n) is 19.7. The van der Waals surface area contributed by atoms with E-state index in [2.05, 4.69) is 0 Å². The fourth-order valence-electron chi connectivity index (χ4n) is 4.59. The molecule has 0 aromatic heterocycles. The van der Waals surface area contributed by atoms with Crippen molar-refractivity contribution in [3.63, 3.8) is 0 Å². The van der Waals surface area contributed by atoms with Crippen molar-refractivity contribution in [2.75, 3.05) is 31.2 Å². The maximum Gasteiger partial charge on any atom is 0.259 e. The lowest BCUT2D eigenvalue weighted by atomic mass is 10.0. The summed E-state index contributed by atoms with van der Waals surface area (Å²) in [5.41, 5.74) is 3.61. The Bertz CT molecular complexity index is 1440. The molecule has 8 heteroatoms. The number of anilines is 1. The molecule has 3 aromatic rings. The molecule has 0 radical (unpaired) electrons. The molecule has 2 aliphatic rings. The molecule has 0 unspecified atom stereocenters. The van der Waals surface area contributed by atoms with Crippen molar-refractivity contribution >= 4 is 27.3 Å². The molecule has 180 valence electrons. The van der Waals surface area contributed by atoms with Crippen molar-refractivity contribution in [3.05, 3.63) is 88.5 Å². The lowest BCUT2D eigenvalue weighted by Gasteiger charge is -2.28. The molecule has 0 aliphatic carbocycles. The van der Waals surface area contributed by atoms with Crippen LogP contribution in [-0.2, 0) is 21.1 Å². The largest absolute Gasteiger partial charge is 0.378 e. The number of sulfone groups is 1. The summed E-state index contributed by atoms with van der Waals surface area (Å²) in [7, 11) is -3.99. The highest BCUT2D eigenvalue weighted by molar-refractivity contribution is 7.91. The second-order valence-corrected chi connectivity index (χ2v) is 10.8. The van der Waals surface area contributed by atoms with E-state index >= 15 is 0 Å². The van der Waals surface area contributed by atoms with Gasteiger partial charge in [-0.3, -0.25) is 9.59 Å². The van der Waals surface area contributed by atoms with Crippen molar-refractivity contribution in [2.24, 2.45) is 0 Å². The number of morpholine rings is 1. The first-order valence-electron chi connectivity index (χ1n) is 11.5. The second kappa shape index (κ2) is 8.94. The molecule has 35 heavy (non-hydrogen) atoms. The third-order valence-corrected chi connectivity index (χ3v) is 8.43. The van der Waals surface area contributed by atoms with Gasteiger partial charge in [0.15, 0.2) is 0 Å². The first-order valence-corrected chi connectivity index (χ1v) is 13.0. The quantitative estimate of drug-likeness (QED) is 0.558. The van der Waals surface area contributed by atoms with Crippen LogP contribution >= 0.6 is 0 Å². The molecule has 2 amide bonds. The summed E-state index contributed by atoms with van der Waals surface area (Å²) >= 11 is 0. The highest BCUT2D eigenvalue weighted by Gasteiger charge is 2.36. The molecule has 0 bridgehead atoms. The van der Waals surface area contributed by atoms with Gasteiger partial charge in [0, 0.05) is 18.7 Å². The SMILES string of the molecule is Cc1ccc(C)c(CN2C(=O)c3ccccc3S(=O)(=O)c3ccc(C(=O)N4CCOCC4)cc32)c1. The first kappa shape index (κ1) is 23.3. The highest BCUT2D eigenvalue weighted by atomic mass is 32.2. The molecule has 0 spiro atoms. The Morgan fingerprint density at radius 1 is 0.943 bits per heavy atom. The number of nitrogens with zero attached hydrogens (tertiary/aromatic N) is 2. The van der Waals surface area contributed by atoms with Crippen LogP contribution in [0.25, 0.3) is 0 Å². The molecule has 7 nitrogen and oxygen atoms in total. The Morgan fingerprint density at radius 2 is 1.69 bits per heavy atom. The van der Waals surface area contributed by atoms with E-state index in [1.54, 1.807) is 23.1 Å². The van der Waals surface area contributed by atoms with Crippen molar-refractivity contribution in [1.29, 1.82) is 0 Å². The van der Waals surface area contributed by atoms with Gasteiger partial charge in [-0.15, -0.1) is 0 Å². The van der Waals surface area contributed by atoms with Gasteiger partial charge in [0.2, 0.25) is 9.84 Å². The van der Waals surface area contributed by atoms with Crippen molar-refractivity contribution < 1.29 is 22.7 Å². The highest BCUT2D eigenvalue weighted by Crippen LogP contribution is 2.38. The minimum absolute atomic E-state index is 0.0135. The van der Waals surface area contributed by atoms with Crippen molar-refractivity contribution in [2.45, 2.75) is 30.2 Å². The number of aryl methyl sites for hydroxylation is 2. The molecule has 3 aromatic carbocycles. The van der Waals surface area contributed by atoms with Gasteiger partial charge in [0.25, 0.3) is 11.8 Å². The number of hydrogen-bond acceptors (Lipinski definition) is 5. The van der Waals surface area contributed by atoms with E-state index in [1.807, 2.05) is 32.0 Å². The lowest BCUT2D eigenvalue weighted by molar-refractivity contribution is 0.0303. The number of carbonyl (C=O) groups is 2. The smallest absolute Gasteiger partial charge is 0.259 e. The van der Waals surface area contributed by atoms with E-state index in [-0.39, 0.29) is 33.5 Å². The van der Waals surface area contributed by atoms with E-state index in [1.165, 1.54) is 29.2 Å². The molecule has 2 heterocycles. The summed E-state index contributed by atoms with van der Waals surface area (Å²) in [5.74, 6) is -0.630. The van der Waals surface area contributed by atoms with Crippen LogP contribution < -0.4 is 4.90 Å². The van der Waals surface area contributed by atoms with Gasteiger partial charge in [-0.25, -0.2) is 8.42 Å². The van der Waals surface area contributed by atoms with Crippen molar-refractivity contribution in [3.8, 4) is 0 Å². The zero-order chi connectivity index (χ0) is 24.7. The second-order valence-electron chi connectivity index (χ2n) is 8.91. The van der Waals surface area contributed by atoms with Crippen LogP contribution in [-0.4, -0.2) is 51.4 Å². The summed E-state index contributed by atoms with van der Waals surface area (Å²) in [5, 5.41) is 0. The van der Waals surface area contributed by atoms with Crippen LogP contribution in [0, 0.1) is 13.8 Å². The number of fused-ring (bicyclic) bond motifs is 2. The molecule has 5 rings (SSSR count). The number of carbonyl (C=O) groups excluding carboxylic acids is 2. The van der Waals surface area contributed by atoms with Crippen LogP contribution in [0.2, 0.25) is 0 Å². The van der Waals surface area contributed by atoms with Crippen LogP contribution in [0.5, 0.6) is 0 Å². The Morgan fingerprint density at radius 3 is 2.46 bits per heavy atom. The average Bonchev–Trinajstić information content (AvgIpc) is 2.94. The topological polar surface area (TPSA) is 84.0 Å². The van der Waals surface area contributed by atoms with Crippen LogP contribution in [0.4, 0.5) is 5.69 Å². The molecular weight excluding hydrogens is 464 g/mol. The molecule has 0 saturated carbocycles. The van der Waals surface area contributed by atoms with Crippen LogP contribution in [0.15, 0.2) is 70.5 Å². The van der Waals surface area contributed by atoms with Crippen LogP contribution in [0.1, 0.15) is 37.4 Å². The standard InChI is InChI=1S/C27H26N2O5S/c1-18-7-8-19(2)21(15-18)17-29-23-16-20(26(30)28-11-13-34-14-12-28)9-10-25(23)35(32,33)24-6-4-3-5-22(24)27(29)31/h3-10,15-16H,11-14,17H2,1-2H3. The summed E-state index contributed by atoms with van der Waals surface area (Å²) < 4.78 is 32.7. The number of hydrogen-bond donors (Lipinski definition) is 0. The summed E-state index contributed by atoms with van der Waals surface area (Å²) in [6.45, 7) is 5.95. The van der Waals surface area contributed by atoms with Crippen LogP contribution in [0.3, 0.4) is 0 Å². The number of rotatable bonds is 3. The van der Waals surface area contributed by atoms with E-state index < -0.39 is 15.7 Å². The first-order chi connectivity index (χ1) is 16.8. The number of amides is 2. The molecule has 1 saturated heterocycles. The molecule has 0 atom stereocenters. The summed E-state index contributed by atoms with van der Waals surface area (Å²) in [6, 6.07) is 16.8. The Hall–Kier alpha value is -3.49. The van der Waals surface area contributed by atoms with Gasteiger partial charge < -0.3 is 14.5 Å². The third-order valence-electron chi connectivity index (χ3n) is 6.57. The van der Waals surface area contributed by atoms with E-state index in [9.17, 15) is 18.0 Å². The number of ether oxygens (including phenoxy) is 1. The van der Waals surface area contributed by atoms with Gasteiger partial charge in [-0.1, -0.05) is 35.9 Å². The van der Waals surface area contributed by atoms with E-state index in [0.717, 1.165) is 16.7 Å². The average molecular weight is 491 g/mol. The van der Waals surface area contributed by atoms with Gasteiger partial charge >= 0.3 is 0 Å². The predicted molar refractivity (Wildman–Crippen MR) is 131 cm³/mol. The maximum atomic E-state index is 13.8. The van der Waals surface area contributed by atoms with E-state index in [4.69, 9.17) is 4.74 Å². The fraction of sp³-hybridized carbons (Fsp3) is 0.259. The maximum absolute atomic E-state index is 13.8. The normalized spacial score (nSPS) is 16.9. The predicted octanol–water partition coefficient (Wildman–Crippen LogP) is 3.77. The Kier molecular flexibility index (Phi) is 5.94. The third kappa shape index (κ3) is 4.13. The molecule has 1 fully saturated rings. The van der Waals surface area contributed by atoms with Gasteiger partial charge in [0.1, 0.15) is 0 Å². The van der Waals surface area contributed by atoms with Crippen molar-refractivity contribution in [1.82, 2.24) is 4.90 Å². The summed E-state index contributed by atoms with van der Waals surface area (Å²) in [6.07, 6.45) is 0. The minimum Gasteiger partial charge on any atom is -0.378 e. The van der Waals surface area contributed by atoms with E-state index in [0.29, 0.717) is 31.9 Å². The van der Waals surface area contributed by atoms with Gasteiger partial charge in [-0.05, 0) is 55.3 Å². The molecular formula is C27H26N2O5S. The van der Waals surface area contributed by atoms with Gasteiger partial charge in [-0.2, -0.15) is 0 Å². The molecule has 2 aliphatic heterocycles. The Balaban J connectivity index is 1.69. The Labute approximate surface area is 204 Å².